The van der Waals surface area contributed by atoms with E-state index in [9.17, 15) is 5.11 Å². The quantitative estimate of drug-likeness (QED) is 0.643. The Morgan fingerprint density at radius 3 is 1.50 bits per heavy atom. The van der Waals surface area contributed by atoms with Gasteiger partial charge in [-0.3, -0.25) is 0 Å². The molecule has 0 amide bonds. The van der Waals surface area contributed by atoms with Gasteiger partial charge in [0.15, 0.2) is 0 Å². The van der Waals surface area contributed by atoms with Crippen LogP contribution in [0.2, 0.25) is 0 Å². The molecule has 0 aliphatic heterocycles. The fourth-order valence-electron chi connectivity index (χ4n) is 1.91. The molecule has 0 saturated heterocycles. The van der Waals surface area contributed by atoms with E-state index in [2.05, 4.69) is 34.3 Å². The summed E-state index contributed by atoms with van der Waals surface area (Å²) in [6, 6.07) is 0. The summed E-state index contributed by atoms with van der Waals surface area (Å²) in [7, 11) is 0. The van der Waals surface area contributed by atoms with Crippen LogP contribution in [0.5, 0.6) is 0 Å². The molecule has 0 heterocycles. The van der Waals surface area contributed by atoms with Crippen LogP contribution in [-0.2, 0) is 0 Å². The summed E-state index contributed by atoms with van der Waals surface area (Å²) in [6.07, 6.45) is 1.83. The average molecular weight is 170 g/mol. The van der Waals surface area contributed by atoms with E-state index in [-0.39, 0.29) is 17.8 Å². The zero-order valence-corrected chi connectivity index (χ0v) is 8.96. The number of aliphatic hydroxyl groups is 1. The van der Waals surface area contributed by atoms with Gasteiger partial charge in [-0.1, -0.05) is 40.7 Å². The SMILES string of the molecule is C=CC(C)C(O)(C(C)C)C(C)C. The molecule has 0 radical (unpaired) electrons. The molecule has 0 aromatic carbocycles. The third-order valence-electron chi connectivity index (χ3n) is 2.93. The van der Waals surface area contributed by atoms with Crippen molar-refractivity contribution in [2.24, 2.45) is 17.8 Å². The van der Waals surface area contributed by atoms with E-state index in [0.29, 0.717) is 0 Å². The molecule has 0 aromatic heterocycles. The van der Waals surface area contributed by atoms with Crippen molar-refractivity contribution in [2.75, 3.05) is 0 Å². The zero-order chi connectivity index (χ0) is 9.94. The molecular formula is C11H22O. The van der Waals surface area contributed by atoms with Crippen molar-refractivity contribution in [3.63, 3.8) is 0 Å². The molecule has 1 atom stereocenters. The van der Waals surface area contributed by atoms with Gasteiger partial charge in [0.2, 0.25) is 0 Å². The maximum atomic E-state index is 10.4. The van der Waals surface area contributed by atoms with Crippen molar-refractivity contribution in [1.82, 2.24) is 0 Å². The summed E-state index contributed by atoms with van der Waals surface area (Å²) < 4.78 is 0. The number of hydrogen-bond acceptors (Lipinski definition) is 1. The van der Waals surface area contributed by atoms with Crippen LogP contribution >= 0.6 is 0 Å². The second kappa shape index (κ2) is 4.08. The predicted molar refractivity (Wildman–Crippen MR) is 54.0 cm³/mol. The monoisotopic (exact) mass is 170 g/mol. The number of rotatable bonds is 4. The van der Waals surface area contributed by atoms with Gasteiger partial charge in [0.1, 0.15) is 0 Å². The van der Waals surface area contributed by atoms with Gasteiger partial charge in [-0.25, -0.2) is 0 Å². The van der Waals surface area contributed by atoms with E-state index in [1.54, 1.807) is 0 Å². The fraction of sp³-hybridized carbons (Fsp3) is 0.818. The topological polar surface area (TPSA) is 20.2 Å². The lowest BCUT2D eigenvalue weighted by atomic mass is 9.72. The van der Waals surface area contributed by atoms with Crippen LogP contribution in [0.15, 0.2) is 12.7 Å². The highest BCUT2D eigenvalue weighted by molar-refractivity contribution is 4.97. The molecule has 0 spiro atoms. The minimum absolute atomic E-state index is 0.150. The summed E-state index contributed by atoms with van der Waals surface area (Å²) in [5.74, 6) is 0.688. The lowest BCUT2D eigenvalue weighted by Gasteiger charge is -2.40. The molecule has 1 nitrogen and oxygen atoms in total. The number of hydrogen-bond donors (Lipinski definition) is 1. The first-order valence-electron chi connectivity index (χ1n) is 4.72. The summed E-state index contributed by atoms with van der Waals surface area (Å²) in [6.45, 7) is 14.0. The van der Waals surface area contributed by atoms with Gasteiger partial charge in [-0.2, -0.15) is 0 Å². The maximum absolute atomic E-state index is 10.4. The molecule has 0 rings (SSSR count). The van der Waals surface area contributed by atoms with Crippen LogP contribution in [0.25, 0.3) is 0 Å². The fourth-order valence-corrected chi connectivity index (χ4v) is 1.91. The van der Waals surface area contributed by atoms with Crippen molar-refractivity contribution in [3.05, 3.63) is 12.7 Å². The molecule has 0 aliphatic carbocycles. The highest BCUT2D eigenvalue weighted by Gasteiger charge is 2.38. The Hall–Kier alpha value is -0.300. The Labute approximate surface area is 76.5 Å². The Bertz CT molecular complexity index is 139. The van der Waals surface area contributed by atoms with Gasteiger partial charge in [-0.15, -0.1) is 6.58 Å². The normalized spacial score (nSPS) is 15.3. The van der Waals surface area contributed by atoms with E-state index < -0.39 is 5.60 Å². The lowest BCUT2D eigenvalue weighted by Crippen LogP contribution is -2.45. The van der Waals surface area contributed by atoms with Crippen LogP contribution in [0.4, 0.5) is 0 Å². The summed E-state index contributed by atoms with van der Waals surface area (Å²) in [4.78, 5) is 0. The highest BCUT2D eigenvalue weighted by atomic mass is 16.3. The van der Waals surface area contributed by atoms with Gasteiger partial charge in [0, 0.05) is 5.92 Å². The van der Waals surface area contributed by atoms with Crippen molar-refractivity contribution < 1.29 is 5.11 Å². The van der Waals surface area contributed by atoms with Gasteiger partial charge in [-0.05, 0) is 11.8 Å². The molecule has 0 bridgehead atoms. The summed E-state index contributed by atoms with van der Waals surface area (Å²) in [5.41, 5.74) is -0.609. The first-order chi connectivity index (χ1) is 5.37. The van der Waals surface area contributed by atoms with Crippen molar-refractivity contribution >= 4 is 0 Å². The molecule has 12 heavy (non-hydrogen) atoms. The molecule has 0 aliphatic rings. The Morgan fingerprint density at radius 1 is 1.08 bits per heavy atom. The van der Waals surface area contributed by atoms with Crippen LogP contribution in [-0.4, -0.2) is 10.7 Å². The van der Waals surface area contributed by atoms with E-state index in [1.807, 2.05) is 13.0 Å². The van der Waals surface area contributed by atoms with Gasteiger partial charge >= 0.3 is 0 Å². The van der Waals surface area contributed by atoms with Gasteiger partial charge in [0.25, 0.3) is 0 Å². The molecule has 0 aromatic rings. The van der Waals surface area contributed by atoms with Crippen LogP contribution < -0.4 is 0 Å². The summed E-state index contributed by atoms with van der Waals surface area (Å²) >= 11 is 0. The molecule has 72 valence electrons. The van der Waals surface area contributed by atoms with E-state index in [1.165, 1.54) is 0 Å². The van der Waals surface area contributed by atoms with Crippen molar-refractivity contribution in [2.45, 2.75) is 40.2 Å². The Morgan fingerprint density at radius 2 is 1.42 bits per heavy atom. The second-order valence-electron chi connectivity index (χ2n) is 4.22. The van der Waals surface area contributed by atoms with E-state index in [0.717, 1.165) is 0 Å². The second-order valence-corrected chi connectivity index (χ2v) is 4.22. The third-order valence-corrected chi connectivity index (χ3v) is 2.93. The van der Waals surface area contributed by atoms with Gasteiger partial charge in [0.05, 0.1) is 5.60 Å². The molecule has 1 heteroatoms. The zero-order valence-electron chi connectivity index (χ0n) is 8.96. The minimum Gasteiger partial charge on any atom is -0.389 e. The standard InChI is InChI=1S/C11H22O/c1-7-10(6)11(12,8(2)3)9(4)5/h7-10,12H,1H2,2-6H3. The van der Waals surface area contributed by atoms with E-state index >= 15 is 0 Å². The third kappa shape index (κ3) is 1.89. The average Bonchev–Trinajstić information content (AvgIpc) is 2.00. The molecular weight excluding hydrogens is 148 g/mol. The predicted octanol–water partition coefficient (Wildman–Crippen LogP) is 2.85. The smallest absolute Gasteiger partial charge is 0.0752 e. The summed E-state index contributed by atoms with van der Waals surface area (Å²) in [5, 5.41) is 10.4. The maximum Gasteiger partial charge on any atom is 0.0752 e. The van der Waals surface area contributed by atoms with Crippen molar-refractivity contribution in [1.29, 1.82) is 0 Å². The van der Waals surface area contributed by atoms with Crippen LogP contribution in [0.1, 0.15) is 34.6 Å². The highest BCUT2D eigenvalue weighted by Crippen LogP contribution is 2.34. The minimum atomic E-state index is -0.609. The first kappa shape index (κ1) is 11.7. The molecule has 1 N–H and O–H groups in total. The van der Waals surface area contributed by atoms with Crippen LogP contribution in [0.3, 0.4) is 0 Å². The Kier molecular flexibility index (Phi) is 3.98. The largest absolute Gasteiger partial charge is 0.389 e. The lowest BCUT2D eigenvalue weighted by molar-refractivity contribution is -0.0761. The molecule has 0 saturated carbocycles. The molecule has 1 unspecified atom stereocenters. The van der Waals surface area contributed by atoms with Crippen LogP contribution in [0, 0.1) is 17.8 Å². The van der Waals surface area contributed by atoms with Crippen molar-refractivity contribution in [3.8, 4) is 0 Å². The molecule has 0 fully saturated rings. The first-order valence-corrected chi connectivity index (χ1v) is 4.72. The van der Waals surface area contributed by atoms with Gasteiger partial charge < -0.3 is 5.11 Å². The van der Waals surface area contributed by atoms with E-state index in [4.69, 9.17) is 0 Å². The Balaban J connectivity index is 4.73.